The molecule has 1 aliphatic carbocycles. The summed E-state index contributed by atoms with van der Waals surface area (Å²) in [6.45, 7) is 1.12. The molecule has 1 saturated heterocycles. The molecule has 1 aromatic rings. The van der Waals surface area contributed by atoms with Crippen molar-refractivity contribution in [3.63, 3.8) is 0 Å². The second kappa shape index (κ2) is 6.34. The third-order valence-electron chi connectivity index (χ3n) is 5.23. The molecule has 0 spiro atoms. The summed E-state index contributed by atoms with van der Waals surface area (Å²) in [5, 5.41) is 0. The highest BCUT2D eigenvalue weighted by Crippen LogP contribution is 2.30. The number of aliphatic imine (C=N–C) groups is 1. The zero-order valence-electron chi connectivity index (χ0n) is 13.9. The number of amides is 1. The number of allylic oxidation sites excluding steroid dienone is 1. The molecular formula is C20H22N2O2. The summed E-state index contributed by atoms with van der Waals surface area (Å²) in [4.78, 5) is 30.5. The van der Waals surface area contributed by atoms with Crippen LogP contribution in [0.25, 0.3) is 0 Å². The van der Waals surface area contributed by atoms with E-state index in [4.69, 9.17) is 0 Å². The van der Waals surface area contributed by atoms with E-state index in [-0.39, 0.29) is 11.7 Å². The van der Waals surface area contributed by atoms with Gasteiger partial charge in [0.2, 0.25) is 5.91 Å². The maximum Gasteiger partial charge on any atom is 0.227 e. The molecule has 0 N–H and O–H groups in total. The summed E-state index contributed by atoms with van der Waals surface area (Å²) in [7, 11) is 0. The molecule has 24 heavy (non-hydrogen) atoms. The van der Waals surface area contributed by atoms with Gasteiger partial charge in [-0.25, -0.2) is 0 Å². The standard InChI is InChI=1S/C20H22N2O2/c23-19-13-21-18(16-7-1-2-8-17(16)19)12-14-5-3-6-15(11-14)22-10-4-9-20(22)24/h3,5-6,11H,1-2,4,7-10,12-13H2. The lowest BCUT2D eigenvalue weighted by molar-refractivity contribution is -0.117. The third kappa shape index (κ3) is 2.81. The Bertz CT molecular complexity index is 761. The molecule has 124 valence electrons. The smallest absolute Gasteiger partial charge is 0.227 e. The molecule has 1 aromatic carbocycles. The van der Waals surface area contributed by atoms with Gasteiger partial charge in [-0.05, 0) is 55.4 Å². The van der Waals surface area contributed by atoms with Crippen LogP contribution in [0.5, 0.6) is 0 Å². The lowest BCUT2D eigenvalue weighted by Crippen LogP contribution is -2.25. The van der Waals surface area contributed by atoms with Crippen LogP contribution in [-0.4, -0.2) is 30.5 Å². The van der Waals surface area contributed by atoms with Gasteiger partial charge in [-0.15, -0.1) is 0 Å². The van der Waals surface area contributed by atoms with Gasteiger partial charge in [0.15, 0.2) is 5.78 Å². The van der Waals surface area contributed by atoms with E-state index in [2.05, 4.69) is 17.1 Å². The number of carbonyl (C=O) groups excluding carboxylic acids is 2. The van der Waals surface area contributed by atoms with Gasteiger partial charge in [-0.3, -0.25) is 14.6 Å². The van der Waals surface area contributed by atoms with Crippen LogP contribution < -0.4 is 4.90 Å². The first-order valence-electron chi connectivity index (χ1n) is 8.90. The van der Waals surface area contributed by atoms with Crippen LogP contribution in [0.4, 0.5) is 5.69 Å². The fraction of sp³-hybridized carbons (Fsp3) is 0.450. The van der Waals surface area contributed by atoms with Crippen molar-refractivity contribution in [1.82, 2.24) is 0 Å². The molecule has 2 heterocycles. The van der Waals surface area contributed by atoms with Gasteiger partial charge >= 0.3 is 0 Å². The number of dihydropyridines is 1. The number of anilines is 1. The molecule has 4 heteroatoms. The van der Waals surface area contributed by atoms with Crippen molar-refractivity contribution in [2.75, 3.05) is 18.0 Å². The van der Waals surface area contributed by atoms with Crippen LogP contribution in [-0.2, 0) is 16.0 Å². The van der Waals surface area contributed by atoms with E-state index in [1.165, 1.54) is 5.57 Å². The average molecular weight is 322 g/mol. The number of hydrogen-bond donors (Lipinski definition) is 0. The Hall–Kier alpha value is -2.23. The number of Topliss-reactive ketones (excluding diaryl/α,β-unsaturated/α-hetero) is 1. The van der Waals surface area contributed by atoms with Crippen molar-refractivity contribution in [1.29, 1.82) is 0 Å². The molecule has 3 aliphatic rings. The summed E-state index contributed by atoms with van der Waals surface area (Å²) >= 11 is 0. The Kier molecular flexibility index (Phi) is 4.05. The molecule has 4 rings (SSSR count). The summed E-state index contributed by atoms with van der Waals surface area (Å²) in [5.41, 5.74) is 5.45. The molecule has 0 saturated carbocycles. The van der Waals surface area contributed by atoms with Gasteiger partial charge < -0.3 is 4.90 Å². The van der Waals surface area contributed by atoms with Crippen molar-refractivity contribution in [2.24, 2.45) is 4.99 Å². The summed E-state index contributed by atoms with van der Waals surface area (Å²) < 4.78 is 0. The minimum absolute atomic E-state index is 0.213. The van der Waals surface area contributed by atoms with E-state index in [1.54, 1.807) is 0 Å². The summed E-state index contributed by atoms with van der Waals surface area (Å²) in [6, 6.07) is 8.21. The number of carbonyl (C=O) groups is 2. The fourth-order valence-electron chi connectivity index (χ4n) is 4.00. The number of rotatable bonds is 3. The van der Waals surface area contributed by atoms with Crippen LogP contribution in [0, 0.1) is 0 Å². The second-order valence-corrected chi connectivity index (χ2v) is 6.85. The molecule has 1 fully saturated rings. The van der Waals surface area contributed by atoms with Gasteiger partial charge in [-0.1, -0.05) is 12.1 Å². The predicted octanol–water partition coefficient (Wildman–Crippen LogP) is 3.25. The molecule has 0 bridgehead atoms. The van der Waals surface area contributed by atoms with Gasteiger partial charge in [0.1, 0.15) is 6.54 Å². The summed E-state index contributed by atoms with van der Waals surface area (Å²) in [5.74, 6) is 0.426. The third-order valence-corrected chi connectivity index (χ3v) is 5.23. The number of nitrogens with zero attached hydrogens (tertiary/aromatic N) is 2. The van der Waals surface area contributed by atoms with E-state index in [9.17, 15) is 9.59 Å². The Morgan fingerprint density at radius 3 is 2.62 bits per heavy atom. The van der Waals surface area contributed by atoms with Crippen molar-refractivity contribution in [2.45, 2.75) is 44.9 Å². The normalized spacial score (nSPS) is 21.2. The predicted molar refractivity (Wildman–Crippen MR) is 94.5 cm³/mol. The molecule has 1 amide bonds. The lowest BCUT2D eigenvalue weighted by Gasteiger charge is -2.24. The lowest BCUT2D eigenvalue weighted by atomic mass is 9.83. The van der Waals surface area contributed by atoms with Crippen LogP contribution in [0.1, 0.15) is 44.1 Å². The van der Waals surface area contributed by atoms with Crippen molar-refractivity contribution >= 4 is 23.1 Å². The second-order valence-electron chi connectivity index (χ2n) is 6.85. The first-order chi connectivity index (χ1) is 11.7. The van der Waals surface area contributed by atoms with Gasteiger partial charge in [0.25, 0.3) is 0 Å². The Morgan fingerprint density at radius 2 is 1.83 bits per heavy atom. The molecular weight excluding hydrogens is 300 g/mol. The topological polar surface area (TPSA) is 49.7 Å². The molecule has 0 aromatic heterocycles. The number of hydrogen-bond acceptors (Lipinski definition) is 3. The van der Waals surface area contributed by atoms with E-state index < -0.39 is 0 Å². The zero-order chi connectivity index (χ0) is 16.5. The quantitative estimate of drug-likeness (QED) is 0.857. The SMILES string of the molecule is O=C1CN=C(Cc2cccc(N3CCCC3=O)c2)C2=C1CCCC2. The number of ketones is 1. The van der Waals surface area contributed by atoms with E-state index in [0.717, 1.165) is 67.6 Å². The van der Waals surface area contributed by atoms with Gasteiger partial charge in [-0.2, -0.15) is 0 Å². The largest absolute Gasteiger partial charge is 0.312 e. The highest BCUT2D eigenvalue weighted by molar-refractivity contribution is 6.14. The highest BCUT2D eigenvalue weighted by atomic mass is 16.2. The van der Waals surface area contributed by atoms with Crippen molar-refractivity contribution in [3.8, 4) is 0 Å². The molecule has 2 aliphatic heterocycles. The van der Waals surface area contributed by atoms with Gasteiger partial charge in [0.05, 0.1) is 0 Å². The molecule has 0 atom stereocenters. The van der Waals surface area contributed by atoms with Gasteiger partial charge in [0, 0.05) is 36.4 Å². The Morgan fingerprint density at radius 1 is 1.00 bits per heavy atom. The monoisotopic (exact) mass is 322 g/mol. The van der Waals surface area contributed by atoms with Crippen LogP contribution in [0.3, 0.4) is 0 Å². The highest BCUT2D eigenvalue weighted by Gasteiger charge is 2.26. The van der Waals surface area contributed by atoms with E-state index >= 15 is 0 Å². The van der Waals surface area contributed by atoms with Crippen molar-refractivity contribution < 1.29 is 9.59 Å². The van der Waals surface area contributed by atoms with E-state index in [1.807, 2.05) is 17.0 Å². The van der Waals surface area contributed by atoms with Crippen LogP contribution >= 0.6 is 0 Å². The first-order valence-corrected chi connectivity index (χ1v) is 8.90. The molecule has 0 radical (unpaired) electrons. The number of benzene rings is 1. The minimum Gasteiger partial charge on any atom is -0.312 e. The Labute approximate surface area is 142 Å². The average Bonchev–Trinajstić information content (AvgIpc) is 3.04. The van der Waals surface area contributed by atoms with E-state index in [0.29, 0.717) is 13.0 Å². The maximum atomic E-state index is 12.1. The first kappa shape index (κ1) is 15.3. The minimum atomic E-state index is 0.213. The maximum absolute atomic E-state index is 12.1. The van der Waals surface area contributed by atoms with Crippen LogP contribution in [0.15, 0.2) is 40.4 Å². The van der Waals surface area contributed by atoms with Crippen LogP contribution in [0.2, 0.25) is 0 Å². The van der Waals surface area contributed by atoms with Crippen molar-refractivity contribution in [3.05, 3.63) is 41.0 Å². The summed E-state index contributed by atoms with van der Waals surface area (Å²) in [6.07, 6.45) is 6.49. The zero-order valence-corrected chi connectivity index (χ0v) is 13.9. The molecule has 0 unspecified atom stereocenters. The fourth-order valence-corrected chi connectivity index (χ4v) is 4.00. The molecule has 4 nitrogen and oxygen atoms in total. The Balaban J connectivity index is 1.58.